The number of ketones is 1. The topological polar surface area (TPSA) is 161 Å². The van der Waals surface area contributed by atoms with Crippen LogP contribution in [0.2, 0.25) is 0 Å². The number of carbonyl (C=O) groups is 1. The van der Waals surface area contributed by atoms with Crippen LogP contribution in [0.4, 0.5) is 0 Å². The van der Waals surface area contributed by atoms with Crippen LogP contribution in [0, 0.1) is 10.9 Å². The minimum Gasteiger partial charge on any atom is -0.288 e. The Labute approximate surface area is 147 Å². The lowest BCUT2D eigenvalue weighted by Crippen LogP contribution is -2.15. The number of hydrogen-bond donors (Lipinski definition) is 2. The minimum absolute atomic E-state index is 0.0286. The summed E-state index contributed by atoms with van der Waals surface area (Å²) in [5, 5.41) is 20.8. The Morgan fingerprint density at radius 3 is 2.46 bits per heavy atom. The van der Waals surface area contributed by atoms with Gasteiger partial charge in [0.25, 0.3) is 15.5 Å². The fraction of sp³-hybridized carbons (Fsp3) is 0. The van der Waals surface area contributed by atoms with Crippen molar-refractivity contribution in [3.8, 4) is 0 Å². The monoisotopic (exact) mass is 371 g/mol. The molecule has 0 saturated carbocycles. The van der Waals surface area contributed by atoms with Crippen molar-refractivity contribution in [2.24, 2.45) is 15.4 Å². The predicted octanol–water partition coefficient (Wildman–Crippen LogP) is 2.73. The van der Waals surface area contributed by atoms with Crippen LogP contribution in [-0.2, 0) is 10.1 Å². The standard InChI is InChI=1S/C15H10N6O4S/c16-20-18-12-7-6-10(8-13(12)19-21-17)9-14(26(23,24)25)15(22)11-4-2-1-3-5-11/h1-9,16H/p+1. The number of benzene rings is 1. The summed E-state index contributed by atoms with van der Waals surface area (Å²) < 4.78 is 32.7. The normalized spacial score (nSPS) is 17.7. The first-order chi connectivity index (χ1) is 12.4. The lowest BCUT2D eigenvalue weighted by atomic mass is 10.0. The number of Topliss-reactive ketones (excluding diaryl/α,β-unsaturated/α-hetero) is 1. The minimum atomic E-state index is -4.82. The molecule has 130 valence electrons. The predicted molar refractivity (Wildman–Crippen MR) is 92.7 cm³/mol. The molecule has 0 radical (unpaired) electrons. The van der Waals surface area contributed by atoms with Gasteiger partial charge in [-0.1, -0.05) is 41.6 Å². The summed E-state index contributed by atoms with van der Waals surface area (Å²) in [5.74, 6) is -0.895. The molecule has 0 fully saturated rings. The molecule has 0 atom stereocenters. The third-order valence-corrected chi connectivity index (χ3v) is 4.00. The molecule has 26 heavy (non-hydrogen) atoms. The van der Waals surface area contributed by atoms with E-state index in [0.29, 0.717) is 0 Å². The van der Waals surface area contributed by atoms with Gasteiger partial charge in [-0.25, -0.2) is 0 Å². The van der Waals surface area contributed by atoms with Gasteiger partial charge in [0.2, 0.25) is 5.78 Å². The molecule has 0 unspecified atom stereocenters. The van der Waals surface area contributed by atoms with Crippen LogP contribution < -0.4 is 0 Å². The van der Waals surface area contributed by atoms with Crippen LogP contribution in [0.25, 0.3) is 5.08 Å². The summed E-state index contributed by atoms with van der Waals surface area (Å²) in [6.45, 7) is 0. The van der Waals surface area contributed by atoms with Crippen molar-refractivity contribution in [2.75, 3.05) is 0 Å². The van der Waals surface area contributed by atoms with Crippen molar-refractivity contribution < 1.29 is 17.8 Å². The maximum atomic E-state index is 12.4. The lowest BCUT2D eigenvalue weighted by Gasteiger charge is -2.07. The molecule has 2 rings (SSSR count). The van der Waals surface area contributed by atoms with Gasteiger partial charge in [-0.15, -0.1) is 5.10 Å². The number of nitrogens with zero attached hydrogens (tertiary/aromatic N) is 5. The Balaban J connectivity index is 2.54. The van der Waals surface area contributed by atoms with Crippen LogP contribution in [-0.4, -0.2) is 30.2 Å². The average Bonchev–Trinajstić information content (AvgIpc) is 2.61. The molecule has 1 aliphatic rings. The maximum Gasteiger partial charge on any atom is 0.339 e. The van der Waals surface area contributed by atoms with E-state index in [2.05, 4.69) is 20.5 Å². The first-order valence-corrected chi connectivity index (χ1v) is 8.36. The van der Waals surface area contributed by atoms with Crippen LogP contribution in [0.1, 0.15) is 10.4 Å². The Morgan fingerprint density at radius 1 is 1.19 bits per heavy atom. The van der Waals surface area contributed by atoms with Crippen molar-refractivity contribution in [2.45, 2.75) is 0 Å². The first-order valence-electron chi connectivity index (χ1n) is 6.92. The molecular weight excluding hydrogens is 360 g/mol. The molecule has 0 spiro atoms. The van der Waals surface area contributed by atoms with Gasteiger partial charge in [0.1, 0.15) is 10.6 Å². The highest BCUT2D eigenvalue weighted by Crippen LogP contribution is 2.18. The molecule has 10 nitrogen and oxygen atoms in total. The van der Waals surface area contributed by atoms with E-state index in [1.807, 2.05) is 0 Å². The number of carbonyl (C=O) groups excluding carboxylic acids is 1. The van der Waals surface area contributed by atoms with Gasteiger partial charge in [0.15, 0.2) is 10.8 Å². The van der Waals surface area contributed by atoms with Crippen LogP contribution >= 0.6 is 0 Å². The van der Waals surface area contributed by atoms with Crippen LogP contribution in [0.3, 0.4) is 0 Å². The fourth-order valence-electron chi connectivity index (χ4n) is 2.04. The van der Waals surface area contributed by atoms with E-state index in [-0.39, 0.29) is 22.6 Å². The molecule has 0 aromatic heterocycles. The zero-order valence-corrected chi connectivity index (χ0v) is 13.8. The van der Waals surface area contributed by atoms with E-state index in [0.717, 1.165) is 6.08 Å². The summed E-state index contributed by atoms with van der Waals surface area (Å²) >= 11 is 0. The van der Waals surface area contributed by atoms with E-state index < -0.39 is 20.8 Å². The first kappa shape index (κ1) is 18.7. The maximum absolute atomic E-state index is 12.4. The molecule has 0 heterocycles. The van der Waals surface area contributed by atoms with Gasteiger partial charge >= 0.3 is 5.08 Å². The number of nitrogens with one attached hydrogen (secondary N) is 1. The Morgan fingerprint density at radius 2 is 1.88 bits per heavy atom. The molecule has 0 saturated heterocycles. The second-order valence-corrected chi connectivity index (χ2v) is 6.21. The largest absolute Gasteiger partial charge is 0.339 e. The van der Waals surface area contributed by atoms with Gasteiger partial charge in [-0.3, -0.25) is 9.35 Å². The fourth-order valence-corrected chi connectivity index (χ4v) is 2.67. The summed E-state index contributed by atoms with van der Waals surface area (Å²) in [4.78, 5) is 11.6. The molecule has 11 heteroatoms. The number of diazo groups is 1. The van der Waals surface area contributed by atoms with Gasteiger partial charge in [0, 0.05) is 5.56 Å². The van der Waals surface area contributed by atoms with Gasteiger partial charge in [-0.05, 0) is 23.8 Å². The van der Waals surface area contributed by atoms with Crippen molar-refractivity contribution in [3.63, 3.8) is 0 Å². The summed E-state index contributed by atoms with van der Waals surface area (Å²) in [5.41, 5.74) is 7.01. The third-order valence-electron chi connectivity index (χ3n) is 3.15. The highest BCUT2D eigenvalue weighted by molar-refractivity contribution is 7.90. The smallest absolute Gasteiger partial charge is 0.288 e. The average molecular weight is 371 g/mol. The zero-order valence-electron chi connectivity index (χ0n) is 13.0. The van der Waals surface area contributed by atoms with E-state index in [1.54, 1.807) is 18.2 Å². The molecule has 0 aliphatic heterocycles. The quantitative estimate of drug-likeness (QED) is 0.154. The van der Waals surface area contributed by atoms with E-state index in [1.165, 1.54) is 30.4 Å². The van der Waals surface area contributed by atoms with Gasteiger partial charge in [0.05, 0.1) is 0 Å². The second-order valence-electron chi connectivity index (χ2n) is 4.82. The second kappa shape index (κ2) is 7.97. The molecular formula is C15H11N6O4S+. The summed E-state index contributed by atoms with van der Waals surface area (Å²) in [7, 11) is -4.82. The SMILES string of the molecule is N#[N+]N=C1C=C(C=C(C(=O)c2ccccc2)S(=O)(=O)O)C=CC1=NN=N. The highest BCUT2D eigenvalue weighted by Gasteiger charge is 2.25. The van der Waals surface area contributed by atoms with E-state index in [4.69, 9.17) is 10.9 Å². The molecule has 1 aromatic rings. The summed E-state index contributed by atoms with van der Waals surface area (Å²) in [6.07, 6.45) is 4.88. The van der Waals surface area contributed by atoms with Crippen molar-refractivity contribution in [3.05, 3.63) is 75.8 Å². The Bertz CT molecular complexity index is 1040. The molecule has 0 bridgehead atoms. The number of allylic oxidation sites excluding steroid dienone is 6. The van der Waals surface area contributed by atoms with Crippen LogP contribution in [0.5, 0.6) is 0 Å². The molecule has 1 aliphatic carbocycles. The Kier molecular flexibility index (Phi) is 5.74. The Hall–Kier alpha value is -3.62. The van der Waals surface area contributed by atoms with Gasteiger partial charge in [-0.2, -0.15) is 13.9 Å². The molecule has 1 aromatic carbocycles. The van der Waals surface area contributed by atoms with Crippen molar-refractivity contribution in [1.82, 2.24) is 0 Å². The van der Waals surface area contributed by atoms with E-state index >= 15 is 0 Å². The van der Waals surface area contributed by atoms with E-state index in [9.17, 15) is 17.8 Å². The third kappa shape index (κ3) is 4.47. The van der Waals surface area contributed by atoms with Crippen molar-refractivity contribution >= 4 is 27.3 Å². The number of rotatable bonds is 5. The van der Waals surface area contributed by atoms with Crippen LogP contribution in [0.15, 0.2) is 80.5 Å². The lowest BCUT2D eigenvalue weighted by molar-refractivity contribution is 0.104. The van der Waals surface area contributed by atoms with Crippen molar-refractivity contribution in [1.29, 1.82) is 10.9 Å². The number of hydrogen-bond acceptors (Lipinski definition) is 7. The summed E-state index contributed by atoms with van der Waals surface area (Å²) in [6, 6.07) is 7.57. The molecule has 0 amide bonds. The zero-order chi connectivity index (χ0) is 19.2. The molecule has 2 N–H and O–H groups in total. The highest BCUT2D eigenvalue weighted by atomic mass is 32.2. The van der Waals surface area contributed by atoms with Gasteiger partial charge < -0.3 is 0 Å².